The Bertz CT molecular complexity index is 391. The Labute approximate surface area is 88.3 Å². The van der Waals surface area contributed by atoms with Crippen molar-refractivity contribution in [3.05, 3.63) is 35.6 Å². The van der Waals surface area contributed by atoms with Crippen molar-refractivity contribution in [2.75, 3.05) is 6.54 Å². The summed E-state index contributed by atoms with van der Waals surface area (Å²) in [6, 6.07) is 6.43. The van der Waals surface area contributed by atoms with E-state index in [0.29, 0.717) is 19.4 Å². The van der Waals surface area contributed by atoms with Crippen LogP contribution in [0.3, 0.4) is 0 Å². The number of nitrogens with two attached hydrogens (primary N) is 1. The number of ketones is 1. The van der Waals surface area contributed by atoms with Crippen LogP contribution in [0.1, 0.15) is 24.8 Å². The molecule has 1 atom stereocenters. The molecule has 1 saturated carbocycles. The average molecular weight is 207 g/mol. The van der Waals surface area contributed by atoms with Gasteiger partial charge < -0.3 is 5.73 Å². The predicted molar refractivity (Wildman–Crippen MR) is 56.0 cm³/mol. The SMILES string of the molecule is NCC1(c2cccc(F)c2)CCC(=O)C1. The van der Waals surface area contributed by atoms with Gasteiger partial charge in [0.05, 0.1) is 0 Å². The highest BCUT2D eigenvalue weighted by atomic mass is 19.1. The van der Waals surface area contributed by atoms with Gasteiger partial charge in [-0.3, -0.25) is 4.79 Å². The molecule has 1 unspecified atom stereocenters. The molecule has 0 heterocycles. The van der Waals surface area contributed by atoms with Crippen molar-refractivity contribution in [3.8, 4) is 0 Å². The summed E-state index contributed by atoms with van der Waals surface area (Å²) in [6.07, 6.45) is 1.76. The molecule has 2 N–H and O–H groups in total. The van der Waals surface area contributed by atoms with Crippen molar-refractivity contribution < 1.29 is 9.18 Å². The molecule has 0 radical (unpaired) electrons. The number of Topliss-reactive ketones (excluding diaryl/α,β-unsaturated/α-hetero) is 1. The monoisotopic (exact) mass is 207 g/mol. The zero-order chi connectivity index (χ0) is 10.9. The maximum absolute atomic E-state index is 13.1. The third kappa shape index (κ3) is 1.79. The molecule has 15 heavy (non-hydrogen) atoms. The van der Waals surface area contributed by atoms with Crippen molar-refractivity contribution in [2.45, 2.75) is 24.7 Å². The average Bonchev–Trinajstić information content (AvgIpc) is 2.61. The van der Waals surface area contributed by atoms with Gasteiger partial charge in [-0.1, -0.05) is 12.1 Å². The quantitative estimate of drug-likeness (QED) is 0.803. The van der Waals surface area contributed by atoms with Crippen LogP contribution in [0, 0.1) is 5.82 Å². The zero-order valence-electron chi connectivity index (χ0n) is 8.50. The molecule has 2 rings (SSSR count). The summed E-state index contributed by atoms with van der Waals surface area (Å²) in [5.41, 5.74) is 6.28. The number of hydrogen-bond acceptors (Lipinski definition) is 2. The fourth-order valence-corrected chi connectivity index (χ4v) is 2.29. The molecule has 3 heteroatoms. The largest absolute Gasteiger partial charge is 0.330 e. The van der Waals surface area contributed by atoms with Gasteiger partial charge >= 0.3 is 0 Å². The minimum absolute atomic E-state index is 0.227. The lowest BCUT2D eigenvalue weighted by Crippen LogP contribution is -2.32. The van der Waals surface area contributed by atoms with E-state index in [1.165, 1.54) is 12.1 Å². The van der Waals surface area contributed by atoms with Gasteiger partial charge in [-0.05, 0) is 24.1 Å². The number of halogens is 1. The second kappa shape index (κ2) is 3.74. The lowest BCUT2D eigenvalue weighted by molar-refractivity contribution is -0.117. The van der Waals surface area contributed by atoms with Gasteiger partial charge in [0.2, 0.25) is 0 Å². The smallest absolute Gasteiger partial charge is 0.133 e. The van der Waals surface area contributed by atoms with Crippen LogP contribution in [-0.2, 0) is 10.2 Å². The lowest BCUT2D eigenvalue weighted by atomic mass is 9.79. The van der Waals surface area contributed by atoms with E-state index < -0.39 is 0 Å². The first-order valence-electron chi connectivity index (χ1n) is 5.14. The molecular weight excluding hydrogens is 193 g/mol. The Balaban J connectivity index is 2.38. The molecule has 1 aromatic carbocycles. The van der Waals surface area contributed by atoms with E-state index in [2.05, 4.69) is 0 Å². The van der Waals surface area contributed by atoms with Crippen molar-refractivity contribution in [1.29, 1.82) is 0 Å². The summed E-state index contributed by atoms with van der Waals surface area (Å²) in [5.74, 6) is -0.0376. The van der Waals surface area contributed by atoms with Crippen LogP contribution in [0.25, 0.3) is 0 Å². The van der Waals surface area contributed by atoms with Crippen LogP contribution in [0.5, 0.6) is 0 Å². The number of benzene rings is 1. The van der Waals surface area contributed by atoms with E-state index in [4.69, 9.17) is 5.73 Å². The van der Waals surface area contributed by atoms with Gasteiger partial charge in [0, 0.05) is 24.8 Å². The number of carbonyl (C=O) groups is 1. The van der Waals surface area contributed by atoms with Gasteiger partial charge in [-0.15, -0.1) is 0 Å². The lowest BCUT2D eigenvalue weighted by Gasteiger charge is -2.26. The van der Waals surface area contributed by atoms with Crippen LogP contribution in [-0.4, -0.2) is 12.3 Å². The maximum Gasteiger partial charge on any atom is 0.133 e. The molecular formula is C12H14FNO. The molecule has 0 spiro atoms. The molecule has 0 aromatic heterocycles. The molecule has 2 nitrogen and oxygen atoms in total. The van der Waals surface area contributed by atoms with Crippen molar-refractivity contribution in [3.63, 3.8) is 0 Å². The molecule has 0 amide bonds. The Morgan fingerprint density at radius 3 is 2.80 bits per heavy atom. The summed E-state index contributed by atoms with van der Waals surface area (Å²) >= 11 is 0. The summed E-state index contributed by atoms with van der Waals surface area (Å²) in [6.45, 7) is 0.405. The summed E-state index contributed by atoms with van der Waals surface area (Å²) in [5, 5.41) is 0. The fraction of sp³-hybridized carbons (Fsp3) is 0.417. The molecule has 1 aliphatic carbocycles. The minimum Gasteiger partial charge on any atom is -0.330 e. The summed E-state index contributed by atoms with van der Waals surface area (Å²) in [4.78, 5) is 11.3. The van der Waals surface area contributed by atoms with Crippen LogP contribution >= 0.6 is 0 Å². The first-order chi connectivity index (χ1) is 7.16. The zero-order valence-corrected chi connectivity index (χ0v) is 8.50. The first-order valence-corrected chi connectivity index (χ1v) is 5.14. The predicted octanol–water partition coefficient (Wildman–Crippen LogP) is 1.78. The Morgan fingerprint density at radius 2 is 2.27 bits per heavy atom. The van der Waals surface area contributed by atoms with Gasteiger partial charge in [-0.25, -0.2) is 4.39 Å². The van der Waals surface area contributed by atoms with E-state index in [1.807, 2.05) is 6.07 Å². The fourth-order valence-electron chi connectivity index (χ4n) is 2.29. The second-order valence-corrected chi connectivity index (χ2v) is 4.21. The molecule has 80 valence electrons. The molecule has 0 bridgehead atoms. The molecule has 0 aliphatic heterocycles. The first kappa shape index (κ1) is 10.3. The summed E-state index contributed by atoms with van der Waals surface area (Å²) < 4.78 is 13.1. The Kier molecular flexibility index (Phi) is 2.57. The summed E-state index contributed by atoms with van der Waals surface area (Å²) in [7, 11) is 0. The van der Waals surface area contributed by atoms with Crippen molar-refractivity contribution >= 4 is 5.78 Å². The van der Waals surface area contributed by atoms with Crippen molar-refractivity contribution in [2.24, 2.45) is 5.73 Å². The van der Waals surface area contributed by atoms with Gasteiger partial charge in [0.15, 0.2) is 0 Å². The van der Waals surface area contributed by atoms with E-state index >= 15 is 0 Å². The highest BCUT2D eigenvalue weighted by Crippen LogP contribution is 2.38. The third-order valence-electron chi connectivity index (χ3n) is 3.25. The van der Waals surface area contributed by atoms with E-state index in [9.17, 15) is 9.18 Å². The standard InChI is InChI=1S/C12H14FNO/c13-10-3-1-2-9(6-10)12(8-14)5-4-11(15)7-12/h1-3,6H,4-5,7-8,14H2. The van der Waals surface area contributed by atoms with Gasteiger partial charge in [0.1, 0.15) is 11.6 Å². The van der Waals surface area contributed by atoms with E-state index in [0.717, 1.165) is 12.0 Å². The van der Waals surface area contributed by atoms with Crippen LogP contribution < -0.4 is 5.73 Å². The Hall–Kier alpha value is -1.22. The number of hydrogen-bond donors (Lipinski definition) is 1. The van der Waals surface area contributed by atoms with Gasteiger partial charge in [0.25, 0.3) is 0 Å². The molecule has 0 saturated heterocycles. The van der Waals surface area contributed by atoms with E-state index in [-0.39, 0.29) is 17.0 Å². The van der Waals surface area contributed by atoms with Crippen molar-refractivity contribution in [1.82, 2.24) is 0 Å². The highest BCUT2D eigenvalue weighted by Gasteiger charge is 2.38. The molecule has 1 aliphatic rings. The Morgan fingerprint density at radius 1 is 1.47 bits per heavy atom. The van der Waals surface area contributed by atoms with Gasteiger partial charge in [-0.2, -0.15) is 0 Å². The second-order valence-electron chi connectivity index (χ2n) is 4.21. The molecule has 1 fully saturated rings. The maximum atomic E-state index is 13.1. The van der Waals surface area contributed by atoms with Crippen LogP contribution in [0.15, 0.2) is 24.3 Å². The topological polar surface area (TPSA) is 43.1 Å². The van der Waals surface area contributed by atoms with E-state index in [1.54, 1.807) is 6.07 Å². The number of carbonyl (C=O) groups excluding carboxylic acids is 1. The van der Waals surface area contributed by atoms with Crippen LogP contribution in [0.2, 0.25) is 0 Å². The normalized spacial score (nSPS) is 25.9. The highest BCUT2D eigenvalue weighted by molar-refractivity contribution is 5.82. The minimum atomic E-state index is -0.320. The third-order valence-corrected chi connectivity index (χ3v) is 3.25. The van der Waals surface area contributed by atoms with Crippen LogP contribution in [0.4, 0.5) is 4.39 Å². The number of rotatable bonds is 2. The molecule has 1 aromatic rings.